The monoisotopic (exact) mass is 311 g/mol. The van der Waals surface area contributed by atoms with Gasteiger partial charge < -0.3 is 4.74 Å². The molecular formula is C14H15Cl2N3O. The van der Waals surface area contributed by atoms with Crippen LogP contribution >= 0.6 is 23.2 Å². The second-order valence-corrected chi connectivity index (χ2v) is 5.78. The molecule has 0 aliphatic carbocycles. The lowest BCUT2D eigenvalue weighted by Gasteiger charge is -2.21. The summed E-state index contributed by atoms with van der Waals surface area (Å²) in [4.78, 5) is 3.95. The van der Waals surface area contributed by atoms with Crippen molar-refractivity contribution in [2.24, 2.45) is 5.92 Å². The molecule has 0 saturated carbocycles. The lowest BCUT2D eigenvalue weighted by Crippen LogP contribution is -2.20. The van der Waals surface area contributed by atoms with Gasteiger partial charge in [0.05, 0.1) is 6.20 Å². The predicted octanol–water partition coefficient (Wildman–Crippen LogP) is 3.68. The summed E-state index contributed by atoms with van der Waals surface area (Å²) < 4.78 is 7.35. The number of pyridine rings is 1. The number of nitrogens with zero attached hydrogens (tertiary/aromatic N) is 3. The Kier molecular flexibility index (Phi) is 4.24. The molecule has 1 aliphatic heterocycles. The summed E-state index contributed by atoms with van der Waals surface area (Å²) in [5.74, 6) is 0.640. The van der Waals surface area contributed by atoms with Gasteiger partial charge in [0.2, 0.25) is 0 Å². The molecule has 0 radical (unpaired) electrons. The van der Waals surface area contributed by atoms with Gasteiger partial charge in [0, 0.05) is 31.5 Å². The molecule has 0 spiro atoms. The maximum absolute atomic E-state index is 5.93. The highest BCUT2D eigenvalue weighted by Gasteiger charge is 2.15. The summed E-state index contributed by atoms with van der Waals surface area (Å²) in [5, 5.41) is 5.20. The molecule has 3 rings (SSSR count). The molecule has 3 heterocycles. The van der Waals surface area contributed by atoms with Crippen LogP contribution in [0.4, 0.5) is 0 Å². The Labute approximate surface area is 127 Å². The Bertz CT molecular complexity index is 574. The molecule has 6 heteroatoms. The lowest BCUT2D eigenvalue weighted by molar-refractivity contribution is 0.0601. The minimum Gasteiger partial charge on any atom is -0.381 e. The molecule has 0 unspecified atom stereocenters. The fourth-order valence-electron chi connectivity index (χ4n) is 2.44. The molecule has 2 aromatic heterocycles. The van der Waals surface area contributed by atoms with Crippen molar-refractivity contribution in [3.05, 3.63) is 34.8 Å². The molecule has 2 aromatic rings. The first-order chi connectivity index (χ1) is 9.70. The van der Waals surface area contributed by atoms with Crippen molar-refractivity contribution in [1.29, 1.82) is 0 Å². The minimum absolute atomic E-state index is 0.393. The number of halogens is 2. The summed E-state index contributed by atoms with van der Waals surface area (Å²) in [6.07, 6.45) is 6.06. The Balaban J connectivity index is 1.75. The molecule has 1 saturated heterocycles. The van der Waals surface area contributed by atoms with Crippen molar-refractivity contribution in [2.45, 2.75) is 19.4 Å². The molecule has 4 nitrogen and oxygen atoms in total. The van der Waals surface area contributed by atoms with Crippen molar-refractivity contribution < 1.29 is 4.74 Å². The van der Waals surface area contributed by atoms with E-state index in [1.54, 1.807) is 12.1 Å². The van der Waals surface area contributed by atoms with Crippen LogP contribution < -0.4 is 0 Å². The van der Waals surface area contributed by atoms with E-state index in [0.29, 0.717) is 16.2 Å². The number of ether oxygens (including phenoxy) is 1. The topological polar surface area (TPSA) is 39.9 Å². The first-order valence-corrected chi connectivity index (χ1v) is 7.40. The van der Waals surface area contributed by atoms with E-state index >= 15 is 0 Å². The molecule has 1 fully saturated rings. The van der Waals surface area contributed by atoms with Gasteiger partial charge in [0.15, 0.2) is 0 Å². The summed E-state index contributed by atoms with van der Waals surface area (Å²) in [7, 11) is 0. The summed E-state index contributed by atoms with van der Waals surface area (Å²) >= 11 is 11.9. The van der Waals surface area contributed by atoms with Gasteiger partial charge in [-0.25, -0.2) is 4.98 Å². The summed E-state index contributed by atoms with van der Waals surface area (Å²) in [6, 6.07) is 3.59. The van der Waals surface area contributed by atoms with E-state index in [2.05, 4.69) is 10.1 Å². The van der Waals surface area contributed by atoms with Crippen molar-refractivity contribution in [2.75, 3.05) is 13.2 Å². The second kappa shape index (κ2) is 6.12. The van der Waals surface area contributed by atoms with Crippen LogP contribution in [0.2, 0.25) is 10.3 Å². The fraction of sp³-hybridized carbons (Fsp3) is 0.429. The Hall–Kier alpha value is -1.10. The van der Waals surface area contributed by atoms with Gasteiger partial charge in [-0.15, -0.1) is 0 Å². The number of aromatic nitrogens is 3. The maximum Gasteiger partial charge on any atom is 0.131 e. The van der Waals surface area contributed by atoms with Crippen LogP contribution in [0.15, 0.2) is 24.5 Å². The van der Waals surface area contributed by atoms with Gasteiger partial charge in [0.25, 0.3) is 0 Å². The summed E-state index contributed by atoms with van der Waals surface area (Å²) in [5.41, 5.74) is 1.94. The Morgan fingerprint density at radius 3 is 2.55 bits per heavy atom. The maximum atomic E-state index is 5.93. The van der Waals surface area contributed by atoms with Gasteiger partial charge >= 0.3 is 0 Å². The van der Waals surface area contributed by atoms with Crippen molar-refractivity contribution in [3.63, 3.8) is 0 Å². The Morgan fingerprint density at radius 2 is 1.85 bits per heavy atom. The van der Waals surface area contributed by atoms with Crippen molar-refractivity contribution >= 4 is 23.2 Å². The largest absolute Gasteiger partial charge is 0.381 e. The molecule has 106 valence electrons. The predicted molar refractivity (Wildman–Crippen MR) is 79.0 cm³/mol. The zero-order valence-corrected chi connectivity index (χ0v) is 12.4. The highest BCUT2D eigenvalue weighted by atomic mass is 35.5. The first-order valence-electron chi connectivity index (χ1n) is 6.64. The van der Waals surface area contributed by atoms with Crippen LogP contribution in [0.1, 0.15) is 12.8 Å². The number of hydrogen-bond donors (Lipinski definition) is 0. The van der Waals surface area contributed by atoms with E-state index in [9.17, 15) is 0 Å². The lowest BCUT2D eigenvalue weighted by atomic mass is 10.0. The second-order valence-electron chi connectivity index (χ2n) is 5.01. The normalized spacial score (nSPS) is 16.5. The SMILES string of the molecule is Clc1cc(-c2cnn(CC3CCOCC3)c2)cc(Cl)n1. The van der Waals surface area contributed by atoms with Gasteiger partial charge in [0.1, 0.15) is 10.3 Å². The molecule has 0 N–H and O–H groups in total. The van der Waals surface area contributed by atoms with E-state index in [-0.39, 0.29) is 0 Å². The van der Waals surface area contributed by atoms with Gasteiger partial charge in [-0.3, -0.25) is 4.68 Å². The smallest absolute Gasteiger partial charge is 0.131 e. The van der Waals surface area contributed by atoms with Crippen molar-refractivity contribution in [3.8, 4) is 11.1 Å². The molecule has 0 aromatic carbocycles. The number of hydrogen-bond acceptors (Lipinski definition) is 3. The quantitative estimate of drug-likeness (QED) is 0.812. The van der Waals surface area contributed by atoms with Crippen LogP contribution in [0.25, 0.3) is 11.1 Å². The van der Waals surface area contributed by atoms with Gasteiger partial charge in [-0.2, -0.15) is 5.10 Å². The van der Waals surface area contributed by atoms with E-state index < -0.39 is 0 Å². The molecular weight excluding hydrogens is 297 g/mol. The van der Waals surface area contributed by atoms with Crippen LogP contribution in [0.3, 0.4) is 0 Å². The third kappa shape index (κ3) is 3.32. The van der Waals surface area contributed by atoms with Crippen LogP contribution in [0.5, 0.6) is 0 Å². The van der Waals surface area contributed by atoms with Crippen LogP contribution in [0, 0.1) is 5.92 Å². The zero-order chi connectivity index (χ0) is 13.9. The molecule has 0 bridgehead atoms. The molecule has 20 heavy (non-hydrogen) atoms. The third-order valence-electron chi connectivity index (χ3n) is 3.52. The van der Waals surface area contributed by atoms with Gasteiger partial charge in [-0.05, 0) is 36.5 Å². The molecule has 0 amide bonds. The first kappa shape index (κ1) is 13.9. The zero-order valence-electron chi connectivity index (χ0n) is 10.9. The third-order valence-corrected chi connectivity index (χ3v) is 3.90. The highest BCUT2D eigenvalue weighted by Crippen LogP contribution is 2.25. The van der Waals surface area contributed by atoms with Gasteiger partial charge in [-0.1, -0.05) is 23.2 Å². The average molecular weight is 312 g/mol. The number of rotatable bonds is 3. The van der Waals surface area contributed by atoms with Crippen LogP contribution in [-0.2, 0) is 11.3 Å². The van der Waals surface area contributed by atoms with E-state index in [1.165, 1.54) is 0 Å². The van der Waals surface area contributed by atoms with E-state index in [0.717, 1.165) is 43.7 Å². The van der Waals surface area contributed by atoms with E-state index in [1.807, 2.05) is 17.1 Å². The standard InChI is InChI=1S/C14H15Cl2N3O/c15-13-5-11(6-14(16)18-13)12-7-17-19(9-12)8-10-1-3-20-4-2-10/h5-7,9-10H,1-4,8H2. The summed E-state index contributed by atoms with van der Waals surface area (Å²) in [6.45, 7) is 2.64. The molecule has 0 atom stereocenters. The minimum atomic E-state index is 0.393. The average Bonchev–Trinajstić information content (AvgIpc) is 2.87. The van der Waals surface area contributed by atoms with Crippen LogP contribution in [-0.4, -0.2) is 28.0 Å². The fourth-order valence-corrected chi connectivity index (χ4v) is 2.90. The van der Waals surface area contributed by atoms with E-state index in [4.69, 9.17) is 27.9 Å². The molecule has 1 aliphatic rings. The highest BCUT2D eigenvalue weighted by molar-refractivity contribution is 6.32. The van der Waals surface area contributed by atoms with Crippen molar-refractivity contribution in [1.82, 2.24) is 14.8 Å². The Morgan fingerprint density at radius 1 is 1.15 bits per heavy atom.